The van der Waals surface area contributed by atoms with E-state index in [1.807, 2.05) is 13.1 Å². The van der Waals surface area contributed by atoms with Gasteiger partial charge in [-0.05, 0) is 19.9 Å². The van der Waals surface area contributed by atoms with Gasteiger partial charge in [-0.1, -0.05) is 6.92 Å². The van der Waals surface area contributed by atoms with Gasteiger partial charge in [-0.15, -0.1) is 11.3 Å². The maximum absolute atomic E-state index is 5.30. The van der Waals surface area contributed by atoms with E-state index in [1.165, 1.54) is 16.3 Å². The van der Waals surface area contributed by atoms with Crippen molar-refractivity contribution in [3.63, 3.8) is 0 Å². The lowest BCUT2D eigenvalue weighted by Gasteiger charge is -1.98. The summed E-state index contributed by atoms with van der Waals surface area (Å²) in [6.45, 7) is 7.78. The van der Waals surface area contributed by atoms with Gasteiger partial charge in [0.25, 0.3) is 0 Å². The summed E-state index contributed by atoms with van der Waals surface area (Å²) >= 11 is 1.78. The lowest BCUT2D eigenvalue weighted by molar-refractivity contribution is 0.151. The molecule has 3 nitrogen and oxygen atoms in total. The molecule has 0 amide bonds. The Kier molecular flexibility index (Phi) is 6.55. The van der Waals surface area contributed by atoms with Crippen LogP contribution in [-0.4, -0.2) is 24.7 Å². The first kappa shape index (κ1) is 12.6. The molecule has 0 aliphatic rings. The Balaban J connectivity index is 2.23. The predicted molar refractivity (Wildman–Crippen MR) is 64.3 cm³/mol. The monoisotopic (exact) mass is 228 g/mol. The average Bonchev–Trinajstić information content (AvgIpc) is 2.67. The fourth-order valence-electron chi connectivity index (χ4n) is 1.24. The van der Waals surface area contributed by atoms with Crippen LogP contribution in [0.15, 0.2) is 6.20 Å². The summed E-state index contributed by atoms with van der Waals surface area (Å²) in [4.78, 5) is 5.68. The van der Waals surface area contributed by atoms with Crippen LogP contribution in [0.2, 0.25) is 0 Å². The largest absolute Gasteiger partial charge is 0.381 e. The maximum Gasteiger partial charge on any atom is 0.0951 e. The minimum absolute atomic E-state index is 0.784. The van der Waals surface area contributed by atoms with Crippen LogP contribution in [-0.2, 0) is 17.7 Å². The molecule has 0 aromatic carbocycles. The minimum Gasteiger partial charge on any atom is -0.381 e. The van der Waals surface area contributed by atoms with Crippen LogP contribution in [0.25, 0.3) is 0 Å². The lowest BCUT2D eigenvalue weighted by Crippen LogP contribution is -2.12. The van der Waals surface area contributed by atoms with Crippen molar-refractivity contribution in [2.75, 3.05) is 19.8 Å². The molecule has 0 spiro atoms. The van der Waals surface area contributed by atoms with Crippen LogP contribution in [0.4, 0.5) is 0 Å². The molecule has 86 valence electrons. The molecule has 0 fully saturated rings. The van der Waals surface area contributed by atoms with Gasteiger partial charge in [0.15, 0.2) is 0 Å². The highest BCUT2D eigenvalue weighted by atomic mass is 32.1. The molecular formula is C11H20N2OS. The van der Waals surface area contributed by atoms with Crippen molar-refractivity contribution in [3.05, 3.63) is 16.1 Å². The van der Waals surface area contributed by atoms with Crippen LogP contribution in [0.5, 0.6) is 0 Å². The first-order valence-electron chi connectivity index (χ1n) is 5.58. The van der Waals surface area contributed by atoms with Gasteiger partial charge in [0.05, 0.1) is 11.6 Å². The molecule has 1 heterocycles. The van der Waals surface area contributed by atoms with Gasteiger partial charge in [-0.3, -0.25) is 0 Å². The summed E-state index contributed by atoms with van der Waals surface area (Å²) in [5.74, 6) is 0. The number of nitrogens with zero attached hydrogens (tertiary/aromatic N) is 1. The zero-order valence-electron chi connectivity index (χ0n) is 9.58. The Morgan fingerprint density at radius 1 is 1.47 bits per heavy atom. The van der Waals surface area contributed by atoms with Crippen molar-refractivity contribution >= 4 is 11.3 Å². The van der Waals surface area contributed by atoms with E-state index >= 15 is 0 Å². The molecule has 1 rings (SSSR count). The number of nitrogens with one attached hydrogen (secondary N) is 1. The van der Waals surface area contributed by atoms with Crippen LogP contribution < -0.4 is 5.32 Å². The maximum atomic E-state index is 5.30. The van der Waals surface area contributed by atoms with E-state index in [0.717, 1.165) is 32.7 Å². The van der Waals surface area contributed by atoms with Crippen LogP contribution in [0.3, 0.4) is 0 Å². The molecule has 0 atom stereocenters. The zero-order valence-corrected chi connectivity index (χ0v) is 10.4. The quantitative estimate of drug-likeness (QED) is 0.693. The molecule has 1 N–H and O–H groups in total. The van der Waals surface area contributed by atoms with E-state index in [1.54, 1.807) is 11.3 Å². The molecule has 0 unspecified atom stereocenters. The summed E-state index contributed by atoms with van der Waals surface area (Å²) < 4.78 is 5.30. The van der Waals surface area contributed by atoms with E-state index in [0.29, 0.717) is 0 Å². The van der Waals surface area contributed by atoms with Crippen LogP contribution in [0.1, 0.15) is 30.2 Å². The Bertz CT molecular complexity index is 238. The zero-order chi connectivity index (χ0) is 10.9. The van der Waals surface area contributed by atoms with Gasteiger partial charge in [0, 0.05) is 30.6 Å². The summed E-state index contributed by atoms with van der Waals surface area (Å²) in [7, 11) is 0. The van der Waals surface area contributed by atoms with Gasteiger partial charge in [-0.25, -0.2) is 4.98 Å². The topological polar surface area (TPSA) is 34.2 Å². The summed E-state index contributed by atoms with van der Waals surface area (Å²) in [5, 5.41) is 4.55. The van der Waals surface area contributed by atoms with Crippen molar-refractivity contribution in [2.45, 2.75) is 33.2 Å². The van der Waals surface area contributed by atoms with E-state index in [2.05, 4.69) is 17.2 Å². The van der Waals surface area contributed by atoms with E-state index in [4.69, 9.17) is 4.74 Å². The summed E-state index contributed by atoms with van der Waals surface area (Å²) in [6, 6.07) is 0. The molecule has 0 bridgehead atoms. The van der Waals surface area contributed by atoms with Gasteiger partial charge in [-0.2, -0.15) is 0 Å². The number of aromatic nitrogens is 1. The van der Waals surface area contributed by atoms with Crippen LogP contribution in [0, 0.1) is 0 Å². The normalized spacial score (nSPS) is 10.8. The molecule has 1 aromatic heterocycles. The first-order valence-corrected chi connectivity index (χ1v) is 6.40. The van der Waals surface area contributed by atoms with Gasteiger partial charge >= 0.3 is 0 Å². The Morgan fingerprint density at radius 2 is 2.33 bits per heavy atom. The fourth-order valence-corrected chi connectivity index (χ4v) is 2.11. The molecule has 0 aliphatic heterocycles. The molecule has 1 aromatic rings. The number of hydrogen-bond acceptors (Lipinski definition) is 4. The highest BCUT2D eigenvalue weighted by Gasteiger charge is 2.01. The lowest BCUT2D eigenvalue weighted by atomic mass is 10.4. The third kappa shape index (κ3) is 5.25. The van der Waals surface area contributed by atoms with Crippen molar-refractivity contribution in [3.8, 4) is 0 Å². The van der Waals surface area contributed by atoms with Crippen LogP contribution >= 0.6 is 11.3 Å². The second-order valence-corrected chi connectivity index (χ2v) is 4.54. The molecule has 0 saturated heterocycles. The predicted octanol–water partition coefficient (Wildman–Crippen LogP) is 2.22. The Morgan fingerprint density at radius 3 is 3.07 bits per heavy atom. The first-order chi connectivity index (χ1) is 7.36. The van der Waals surface area contributed by atoms with Gasteiger partial charge < -0.3 is 10.1 Å². The van der Waals surface area contributed by atoms with Gasteiger partial charge in [0.1, 0.15) is 0 Å². The standard InChI is InChI=1S/C11H20N2OS/c1-3-6-12-8-10-9-13-11(15-10)5-7-14-4-2/h9,12H,3-8H2,1-2H3. The molecule has 0 radical (unpaired) electrons. The molecular weight excluding hydrogens is 208 g/mol. The molecule has 0 aliphatic carbocycles. The number of ether oxygens (including phenoxy) is 1. The van der Waals surface area contributed by atoms with Crippen molar-refractivity contribution in [1.29, 1.82) is 0 Å². The van der Waals surface area contributed by atoms with Gasteiger partial charge in [0.2, 0.25) is 0 Å². The molecule has 0 saturated carbocycles. The second-order valence-electron chi connectivity index (χ2n) is 3.34. The molecule has 15 heavy (non-hydrogen) atoms. The highest BCUT2D eigenvalue weighted by Crippen LogP contribution is 2.13. The minimum atomic E-state index is 0.784. The van der Waals surface area contributed by atoms with E-state index in [9.17, 15) is 0 Å². The molecule has 4 heteroatoms. The van der Waals surface area contributed by atoms with Crippen molar-refractivity contribution in [1.82, 2.24) is 10.3 Å². The Hall–Kier alpha value is -0.450. The summed E-state index contributed by atoms with van der Waals surface area (Å²) in [5.41, 5.74) is 0. The second kappa shape index (κ2) is 7.79. The van der Waals surface area contributed by atoms with Crippen molar-refractivity contribution in [2.24, 2.45) is 0 Å². The summed E-state index contributed by atoms with van der Waals surface area (Å²) in [6.07, 6.45) is 4.08. The number of hydrogen-bond donors (Lipinski definition) is 1. The highest BCUT2D eigenvalue weighted by molar-refractivity contribution is 7.11. The van der Waals surface area contributed by atoms with Crippen molar-refractivity contribution < 1.29 is 4.74 Å². The SMILES string of the molecule is CCCNCc1cnc(CCOCC)s1. The fraction of sp³-hybridized carbons (Fsp3) is 0.727. The number of rotatable bonds is 8. The van der Waals surface area contributed by atoms with E-state index in [-0.39, 0.29) is 0 Å². The average molecular weight is 228 g/mol. The van der Waals surface area contributed by atoms with E-state index < -0.39 is 0 Å². The third-order valence-corrected chi connectivity index (χ3v) is 3.05. The Labute approximate surface area is 95.9 Å². The third-order valence-electron chi connectivity index (χ3n) is 1.99. The number of thiazole rings is 1. The smallest absolute Gasteiger partial charge is 0.0951 e.